The van der Waals surface area contributed by atoms with Crippen molar-refractivity contribution in [3.8, 4) is 0 Å². The second kappa shape index (κ2) is 4.48. The van der Waals surface area contributed by atoms with E-state index < -0.39 is 16.0 Å². The molecule has 1 aromatic heterocycles. The predicted octanol–water partition coefficient (Wildman–Crippen LogP) is 0.566. The van der Waals surface area contributed by atoms with Crippen molar-refractivity contribution < 1.29 is 18.3 Å². The number of rotatable bonds is 4. The zero-order valence-electron chi connectivity index (χ0n) is 8.91. The molecule has 0 radical (unpaired) electrons. The van der Waals surface area contributed by atoms with E-state index in [9.17, 15) is 13.2 Å². The highest BCUT2D eigenvalue weighted by atomic mass is 32.2. The molecule has 0 fully saturated rings. The van der Waals surface area contributed by atoms with E-state index in [1.807, 2.05) is 0 Å². The molecule has 0 spiro atoms. The molecule has 0 bridgehead atoms. The topological polar surface area (TPSA) is 87.6 Å². The average molecular weight is 244 g/mol. The second-order valence-electron chi connectivity index (χ2n) is 3.08. The third-order valence-electron chi connectivity index (χ3n) is 2.10. The standard InChI is InChI=1S/C9H12N2O4S/c1-3-16(14,15)11(2)8-6-7(9(12)13)4-5-10-8/h4-6H,3H2,1-2H3,(H,12,13). The molecule has 16 heavy (non-hydrogen) atoms. The summed E-state index contributed by atoms with van der Waals surface area (Å²) < 4.78 is 24.0. The third kappa shape index (κ3) is 2.48. The summed E-state index contributed by atoms with van der Waals surface area (Å²) in [6.07, 6.45) is 1.26. The summed E-state index contributed by atoms with van der Waals surface area (Å²) in [5.74, 6) is -1.09. The van der Waals surface area contributed by atoms with Crippen molar-refractivity contribution in [3.63, 3.8) is 0 Å². The van der Waals surface area contributed by atoms with Gasteiger partial charge in [-0.1, -0.05) is 0 Å². The van der Waals surface area contributed by atoms with Crippen LogP contribution in [-0.4, -0.2) is 37.3 Å². The molecule has 1 aromatic rings. The molecule has 6 nitrogen and oxygen atoms in total. The van der Waals surface area contributed by atoms with Crippen LogP contribution in [0.4, 0.5) is 5.82 Å². The van der Waals surface area contributed by atoms with Gasteiger partial charge in [-0.2, -0.15) is 0 Å². The molecular formula is C9H12N2O4S. The van der Waals surface area contributed by atoms with E-state index in [1.165, 1.54) is 32.3 Å². The minimum atomic E-state index is -3.42. The fourth-order valence-electron chi connectivity index (χ4n) is 1.06. The number of hydrogen-bond acceptors (Lipinski definition) is 4. The summed E-state index contributed by atoms with van der Waals surface area (Å²) in [7, 11) is -2.08. The van der Waals surface area contributed by atoms with E-state index in [-0.39, 0.29) is 17.1 Å². The number of anilines is 1. The first-order chi connectivity index (χ1) is 7.38. The van der Waals surface area contributed by atoms with Crippen LogP contribution in [0.15, 0.2) is 18.3 Å². The van der Waals surface area contributed by atoms with Gasteiger partial charge >= 0.3 is 5.97 Å². The zero-order valence-corrected chi connectivity index (χ0v) is 9.73. The Morgan fingerprint density at radius 2 is 2.19 bits per heavy atom. The van der Waals surface area contributed by atoms with Gasteiger partial charge in [0.25, 0.3) is 0 Å². The van der Waals surface area contributed by atoms with Crippen molar-refractivity contribution in [3.05, 3.63) is 23.9 Å². The molecule has 0 saturated heterocycles. The Bertz CT molecular complexity index is 498. The van der Waals surface area contributed by atoms with E-state index >= 15 is 0 Å². The Morgan fingerprint density at radius 1 is 1.56 bits per heavy atom. The van der Waals surface area contributed by atoms with Crippen molar-refractivity contribution in [2.24, 2.45) is 0 Å². The van der Waals surface area contributed by atoms with Crippen LogP contribution in [0.25, 0.3) is 0 Å². The van der Waals surface area contributed by atoms with Gasteiger partial charge in [0.05, 0.1) is 11.3 Å². The van der Waals surface area contributed by atoms with Crippen molar-refractivity contribution >= 4 is 21.8 Å². The van der Waals surface area contributed by atoms with Gasteiger partial charge < -0.3 is 5.11 Å². The number of carboxylic acids is 1. The largest absolute Gasteiger partial charge is 0.478 e. The van der Waals surface area contributed by atoms with Gasteiger partial charge in [0, 0.05) is 13.2 Å². The number of aromatic carboxylic acids is 1. The Kier molecular flexibility index (Phi) is 3.48. The van der Waals surface area contributed by atoms with Gasteiger partial charge in [-0.25, -0.2) is 18.2 Å². The maximum Gasteiger partial charge on any atom is 0.335 e. The number of carboxylic acid groups (broad SMARTS) is 1. The summed E-state index contributed by atoms with van der Waals surface area (Å²) in [5, 5.41) is 8.76. The maximum atomic E-state index is 11.5. The summed E-state index contributed by atoms with van der Waals surface area (Å²) in [6.45, 7) is 1.51. The number of aromatic nitrogens is 1. The molecule has 0 aliphatic carbocycles. The first-order valence-corrected chi connectivity index (χ1v) is 6.15. The lowest BCUT2D eigenvalue weighted by atomic mass is 10.3. The lowest BCUT2D eigenvalue weighted by Crippen LogP contribution is -2.28. The molecule has 1 N–H and O–H groups in total. The molecular weight excluding hydrogens is 232 g/mol. The van der Waals surface area contributed by atoms with E-state index in [0.717, 1.165) is 4.31 Å². The summed E-state index contributed by atoms with van der Waals surface area (Å²) >= 11 is 0. The minimum Gasteiger partial charge on any atom is -0.478 e. The van der Waals surface area contributed by atoms with Gasteiger partial charge in [-0.15, -0.1) is 0 Å². The van der Waals surface area contributed by atoms with Gasteiger partial charge in [0.1, 0.15) is 5.82 Å². The normalized spacial score (nSPS) is 11.1. The van der Waals surface area contributed by atoms with E-state index in [0.29, 0.717) is 0 Å². The molecule has 88 valence electrons. The Hall–Kier alpha value is -1.63. The zero-order chi connectivity index (χ0) is 12.3. The number of carbonyl (C=O) groups is 1. The van der Waals surface area contributed by atoms with Crippen LogP contribution in [0, 0.1) is 0 Å². The third-order valence-corrected chi connectivity index (χ3v) is 3.85. The predicted molar refractivity (Wildman–Crippen MR) is 59.1 cm³/mol. The molecule has 0 aromatic carbocycles. The molecule has 1 heterocycles. The molecule has 1 rings (SSSR count). The van der Waals surface area contributed by atoms with E-state index in [4.69, 9.17) is 5.11 Å². The minimum absolute atomic E-state index is 0.00292. The molecule has 0 saturated carbocycles. The highest BCUT2D eigenvalue weighted by molar-refractivity contribution is 7.92. The smallest absolute Gasteiger partial charge is 0.335 e. The monoisotopic (exact) mass is 244 g/mol. The molecule has 0 unspecified atom stereocenters. The van der Waals surface area contributed by atoms with Crippen LogP contribution in [0.1, 0.15) is 17.3 Å². The van der Waals surface area contributed by atoms with E-state index in [2.05, 4.69) is 4.98 Å². The van der Waals surface area contributed by atoms with Crippen LogP contribution < -0.4 is 4.31 Å². The Labute approximate surface area is 93.6 Å². The quantitative estimate of drug-likeness (QED) is 0.836. The molecule has 7 heteroatoms. The summed E-state index contributed by atoms with van der Waals surface area (Å²) in [6, 6.07) is 2.52. The summed E-state index contributed by atoms with van der Waals surface area (Å²) in [5.41, 5.74) is 0.00292. The molecule has 0 amide bonds. The first kappa shape index (κ1) is 12.4. The van der Waals surface area contributed by atoms with Gasteiger partial charge in [0.15, 0.2) is 0 Å². The average Bonchev–Trinajstić information content (AvgIpc) is 2.28. The molecule has 0 aliphatic rings. The fraction of sp³-hybridized carbons (Fsp3) is 0.333. The fourth-order valence-corrected chi connectivity index (χ4v) is 1.83. The van der Waals surface area contributed by atoms with E-state index in [1.54, 1.807) is 0 Å². The van der Waals surface area contributed by atoms with Crippen LogP contribution in [0.5, 0.6) is 0 Å². The number of nitrogens with zero attached hydrogens (tertiary/aromatic N) is 2. The van der Waals surface area contributed by atoms with Gasteiger partial charge in [0.2, 0.25) is 10.0 Å². The van der Waals surface area contributed by atoms with Crippen molar-refractivity contribution in [2.45, 2.75) is 6.92 Å². The van der Waals surface area contributed by atoms with Crippen LogP contribution in [0.2, 0.25) is 0 Å². The van der Waals surface area contributed by atoms with Crippen molar-refractivity contribution in [1.82, 2.24) is 4.98 Å². The Balaban J connectivity index is 3.15. The van der Waals surface area contributed by atoms with Gasteiger partial charge in [-0.3, -0.25) is 4.31 Å². The number of hydrogen-bond donors (Lipinski definition) is 1. The highest BCUT2D eigenvalue weighted by Crippen LogP contribution is 2.14. The highest BCUT2D eigenvalue weighted by Gasteiger charge is 2.17. The van der Waals surface area contributed by atoms with Crippen LogP contribution in [-0.2, 0) is 10.0 Å². The lowest BCUT2D eigenvalue weighted by molar-refractivity contribution is 0.0697. The summed E-state index contributed by atoms with van der Waals surface area (Å²) in [4.78, 5) is 14.5. The van der Waals surface area contributed by atoms with Gasteiger partial charge in [-0.05, 0) is 19.1 Å². The number of sulfonamides is 1. The maximum absolute atomic E-state index is 11.5. The number of pyridine rings is 1. The first-order valence-electron chi connectivity index (χ1n) is 4.54. The second-order valence-corrected chi connectivity index (χ2v) is 5.36. The molecule has 0 atom stereocenters. The Morgan fingerprint density at radius 3 is 2.69 bits per heavy atom. The van der Waals surface area contributed by atoms with Crippen molar-refractivity contribution in [1.29, 1.82) is 0 Å². The SMILES string of the molecule is CCS(=O)(=O)N(C)c1cc(C(=O)O)ccn1. The lowest BCUT2D eigenvalue weighted by Gasteiger charge is -2.17. The molecule has 0 aliphatic heterocycles. The van der Waals surface area contributed by atoms with Crippen LogP contribution in [0.3, 0.4) is 0 Å². The van der Waals surface area contributed by atoms with Crippen LogP contribution >= 0.6 is 0 Å². The van der Waals surface area contributed by atoms with Crippen molar-refractivity contribution in [2.75, 3.05) is 17.1 Å².